The summed E-state index contributed by atoms with van der Waals surface area (Å²) >= 11 is 0. The molecule has 0 spiro atoms. The summed E-state index contributed by atoms with van der Waals surface area (Å²) in [6.07, 6.45) is 6.07. The van der Waals surface area contributed by atoms with E-state index in [0.717, 1.165) is 31.0 Å². The molecule has 2 aliphatic rings. The van der Waals surface area contributed by atoms with Crippen LogP contribution in [0.3, 0.4) is 0 Å². The van der Waals surface area contributed by atoms with E-state index in [2.05, 4.69) is 19.8 Å². The number of anilines is 1. The maximum atomic E-state index is 6.06. The molecule has 1 unspecified atom stereocenters. The highest BCUT2D eigenvalue weighted by Gasteiger charge is 2.52. The van der Waals surface area contributed by atoms with Crippen molar-refractivity contribution < 1.29 is 9.31 Å². The van der Waals surface area contributed by atoms with Crippen LogP contribution in [0.25, 0.3) is 0 Å². The topological polar surface area (TPSA) is 76.7 Å². The average molecular weight is 361 g/mol. The van der Waals surface area contributed by atoms with Gasteiger partial charge in [0.2, 0.25) is 5.95 Å². The maximum Gasteiger partial charge on any atom is 0.498 e. The Morgan fingerprint density at radius 1 is 1.23 bits per heavy atom. The normalized spacial score (nSPS) is 25.0. The highest BCUT2D eigenvalue weighted by Crippen LogP contribution is 2.36. The largest absolute Gasteiger partial charge is 0.498 e. The van der Waals surface area contributed by atoms with E-state index in [1.165, 1.54) is 12.8 Å². The molecule has 0 amide bonds. The molecule has 0 radical (unpaired) electrons. The second-order valence-corrected chi connectivity index (χ2v) is 8.41. The third-order valence-electron chi connectivity index (χ3n) is 5.93. The standard InChI is InChI=1S/C18H32BN5O2/c1-17(2)18(3,4)26-19(25-17)14-11-21-16(22-12-14)23(5)13-15-7-6-9-24(15)10-8-20/h11-12,15H,6-10,13,20H2,1-5H3. The lowest BCUT2D eigenvalue weighted by atomic mass is 9.81. The van der Waals surface area contributed by atoms with Crippen molar-refractivity contribution in [3.63, 3.8) is 0 Å². The molecule has 7 nitrogen and oxygen atoms in total. The molecule has 0 aromatic carbocycles. The number of likely N-dealkylation sites (tertiary alicyclic amines) is 1. The van der Waals surface area contributed by atoms with Gasteiger partial charge in [0, 0.05) is 50.6 Å². The molecule has 1 aromatic rings. The van der Waals surface area contributed by atoms with Crippen LogP contribution in [-0.2, 0) is 9.31 Å². The zero-order valence-corrected chi connectivity index (χ0v) is 16.7. The maximum absolute atomic E-state index is 6.06. The molecule has 1 atom stereocenters. The van der Waals surface area contributed by atoms with Crippen molar-refractivity contribution in [2.45, 2.75) is 57.8 Å². The van der Waals surface area contributed by atoms with E-state index in [1.807, 2.05) is 47.1 Å². The summed E-state index contributed by atoms with van der Waals surface area (Å²) < 4.78 is 12.1. The molecule has 144 valence electrons. The Kier molecular flexibility index (Phi) is 5.58. The van der Waals surface area contributed by atoms with Crippen molar-refractivity contribution >= 4 is 18.5 Å². The number of nitrogens with zero attached hydrogens (tertiary/aromatic N) is 4. The number of aromatic nitrogens is 2. The summed E-state index contributed by atoms with van der Waals surface area (Å²) in [4.78, 5) is 13.7. The molecule has 2 saturated heterocycles. The van der Waals surface area contributed by atoms with Crippen LogP contribution >= 0.6 is 0 Å². The second kappa shape index (κ2) is 7.42. The quantitative estimate of drug-likeness (QED) is 0.745. The Morgan fingerprint density at radius 3 is 2.42 bits per heavy atom. The van der Waals surface area contributed by atoms with Crippen LogP contribution in [0.1, 0.15) is 40.5 Å². The van der Waals surface area contributed by atoms with Gasteiger partial charge in [-0.2, -0.15) is 0 Å². The molecular weight excluding hydrogens is 329 g/mol. The van der Waals surface area contributed by atoms with Crippen LogP contribution in [0, 0.1) is 0 Å². The molecule has 2 N–H and O–H groups in total. The van der Waals surface area contributed by atoms with Crippen molar-refractivity contribution in [2.24, 2.45) is 5.73 Å². The first-order chi connectivity index (χ1) is 12.2. The van der Waals surface area contributed by atoms with Crippen LogP contribution in [-0.4, -0.2) is 72.5 Å². The van der Waals surface area contributed by atoms with Gasteiger partial charge >= 0.3 is 7.12 Å². The first-order valence-corrected chi connectivity index (χ1v) is 9.56. The fraction of sp³-hybridized carbons (Fsp3) is 0.778. The molecule has 0 bridgehead atoms. The number of rotatable bonds is 6. The summed E-state index contributed by atoms with van der Waals surface area (Å²) in [5.41, 5.74) is 5.86. The van der Waals surface area contributed by atoms with Gasteiger partial charge in [0.1, 0.15) is 0 Å². The number of hydrogen-bond donors (Lipinski definition) is 1. The fourth-order valence-electron chi connectivity index (χ4n) is 3.59. The van der Waals surface area contributed by atoms with E-state index in [9.17, 15) is 0 Å². The van der Waals surface area contributed by atoms with E-state index in [0.29, 0.717) is 12.6 Å². The Morgan fingerprint density at radius 2 is 1.85 bits per heavy atom. The monoisotopic (exact) mass is 361 g/mol. The van der Waals surface area contributed by atoms with Crippen molar-refractivity contribution in [3.05, 3.63) is 12.4 Å². The minimum absolute atomic E-state index is 0.359. The molecular formula is C18H32BN5O2. The van der Waals surface area contributed by atoms with Gasteiger partial charge in [-0.25, -0.2) is 9.97 Å². The predicted octanol–water partition coefficient (Wildman–Crippen LogP) is 0.635. The van der Waals surface area contributed by atoms with Gasteiger partial charge in [0.15, 0.2) is 0 Å². The molecule has 3 heterocycles. The lowest BCUT2D eigenvalue weighted by Gasteiger charge is -2.32. The summed E-state index contributed by atoms with van der Waals surface area (Å²) in [6, 6.07) is 0.523. The van der Waals surface area contributed by atoms with E-state index < -0.39 is 7.12 Å². The average Bonchev–Trinajstić information content (AvgIpc) is 3.09. The minimum atomic E-state index is -0.422. The minimum Gasteiger partial charge on any atom is -0.399 e. The summed E-state index contributed by atoms with van der Waals surface area (Å²) in [5.74, 6) is 0.727. The number of likely N-dealkylation sites (N-methyl/N-ethyl adjacent to an activating group) is 1. The molecule has 2 fully saturated rings. The van der Waals surface area contributed by atoms with Crippen molar-refractivity contribution in [3.8, 4) is 0 Å². The van der Waals surface area contributed by atoms with E-state index in [4.69, 9.17) is 15.0 Å². The second-order valence-electron chi connectivity index (χ2n) is 8.41. The van der Waals surface area contributed by atoms with Crippen LogP contribution in [0.15, 0.2) is 12.4 Å². The molecule has 1 aromatic heterocycles. The van der Waals surface area contributed by atoms with Gasteiger partial charge in [0.25, 0.3) is 0 Å². The molecule has 3 rings (SSSR count). The van der Waals surface area contributed by atoms with Crippen molar-refractivity contribution in [1.29, 1.82) is 0 Å². The highest BCUT2D eigenvalue weighted by molar-refractivity contribution is 6.61. The van der Waals surface area contributed by atoms with Gasteiger partial charge in [-0.05, 0) is 47.1 Å². The first kappa shape index (κ1) is 19.5. The SMILES string of the molecule is CN(CC1CCCN1CCN)c1ncc(B2OC(C)(C)C(C)(C)O2)cn1. The van der Waals surface area contributed by atoms with Crippen molar-refractivity contribution in [2.75, 3.05) is 38.1 Å². The van der Waals surface area contributed by atoms with E-state index in [-0.39, 0.29) is 11.2 Å². The first-order valence-electron chi connectivity index (χ1n) is 9.56. The Bertz CT molecular complexity index is 594. The number of nitrogens with two attached hydrogens (primary N) is 1. The number of hydrogen-bond acceptors (Lipinski definition) is 7. The molecule has 0 aliphatic carbocycles. The van der Waals surface area contributed by atoms with Crippen LogP contribution in [0.5, 0.6) is 0 Å². The van der Waals surface area contributed by atoms with Gasteiger partial charge in [-0.3, -0.25) is 4.90 Å². The molecule has 8 heteroatoms. The Labute approximate surface area is 157 Å². The van der Waals surface area contributed by atoms with Crippen LogP contribution in [0.4, 0.5) is 5.95 Å². The van der Waals surface area contributed by atoms with Crippen LogP contribution < -0.4 is 16.1 Å². The van der Waals surface area contributed by atoms with Gasteiger partial charge < -0.3 is 19.9 Å². The van der Waals surface area contributed by atoms with Crippen LogP contribution in [0.2, 0.25) is 0 Å². The fourth-order valence-corrected chi connectivity index (χ4v) is 3.59. The molecule has 0 saturated carbocycles. The highest BCUT2D eigenvalue weighted by atomic mass is 16.7. The van der Waals surface area contributed by atoms with E-state index in [1.54, 1.807) is 0 Å². The molecule has 2 aliphatic heterocycles. The third-order valence-corrected chi connectivity index (χ3v) is 5.93. The smallest absolute Gasteiger partial charge is 0.399 e. The molecule has 26 heavy (non-hydrogen) atoms. The summed E-state index contributed by atoms with van der Waals surface area (Å²) in [7, 11) is 1.62. The zero-order chi connectivity index (χ0) is 18.9. The van der Waals surface area contributed by atoms with E-state index >= 15 is 0 Å². The Balaban J connectivity index is 1.63. The van der Waals surface area contributed by atoms with Gasteiger partial charge in [-0.1, -0.05) is 0 Å². The Hall–Kier alpha value is -1.22. The van der Waals surface area contributed by atoms with Gasteiger partial charge in [0.05, 0.1) is 11.2 Å². The lowest BCUT2D eigenvalue weighted by Crippen LogP contribution is -2.42. The third kappa shape index (κ3) is 3.88. The predicted molar refractivity (Wildman–Crippen MR) is 105 cm³/mol. The van der Waals surface area contributed by atoms with Crippen molar-refractivity contribution in [1.82, 2.24) is 14.9 Å². The lowest BCUT2D eigenvalue weighted by molar-refractivity contribution is 0.00578. The summed E-state index contributed by atoms with van der Waals surface area (Å²) in [5, 5.41) is 0. The van der Waals surface area contributed by atoms with Gasteiger partial charge in [-0.15, -0.1) is 0 Å². The zero-order valence-electron chi connectivity index (χ0n) is 16.7. The summed E-state index contributed by atoms with van der Waals surface area (Å²) in [6.45, 7) is 11.9.